The van der Waals surface area contributed by atoms with E-state index in [2.05, 4.69) is 34.6 Å². The quantitative estimate of drug-likeness (QED) is 0.255. The largest absolute Gasteiger partial charge is 0.488 e. The van der Waals surface area contributed by atoms with Crippen LogP contribution in [0.2, 0.25) is 0 Å². The minimum atomic E-state index is 0. The molecule has 7 heteroatoms. The van der Waals surface area contributed by atoms with Crippen LogP contribution in [-0.2, 0) is 11.2 Å². The normalized spacial score (nSPS) is 19.7. The first-order valence-electron chi connectivity index (χ1n) is 9.92. The Kier molecular flexibility index (Phi) is 10.2. The van der Waals surface area contributed by atoms with Crippen molar-refractivity contribution in [3.05, 3.63) is 29.8 Å². The zero-order chi connectivity index (χ0) is 18.0. The van der Waals surface area contributed by atoms with E-state index in [0.29, 0.717) is 6.54 Å². The highest BCUT2D eigenvalue weighted by molar-refractivity contribution is 14.0. The molecular weight excluding hydrogens is 455 g/mol. The number of aliphatic imine (C=N–C) groups is 1. The Morgan fingerprint density at radius 3 is 2.78 bits per heavy atom. The molecule has 1 aromatic rings. The number of rotatable bonds is 8. The molecule has 0 saturated carbocycles. The number of morpholine rings is 1. The number of unbranched alkanes of at least 4 members (excludes halogenated alkanes) is 1. The maximum atomic E-state index is 5.97. The van der Waals surface area contributed by atoms with E-state index >= 15 is 0 Å². The lowest BCUT2D eigenvalue weighted by Gasteiger charge is -2.26. The maximum Gasteiger partial charge on any atom is 0.191 e. The number of hydrogen-bond acceptors (Lipinski definition) is 4. The lowest BCUT2D eigenvalue weighted by atomic mass is 10.1. The molecule has 1 saturated heterocycles. The van der Waals surface area contributed by atoms with Crippen LogP contribution in [0, 0.1) is 0 Å². The van der Waals surface area contributed by atoms with Crippen molar-refractivity contribution in [1.29, 1.82) is 0 Å². The Balaban J connectivity index is 0.00000261. The van der Waals surface area contributed by atoms with Crippen LogP contribution in [0.15, 0.2) is 29.3 Å². The van der Waals surface area contributed by atoms with Crippen molar-refractivity contribution in [3.8, 4) is 5.75 Å². The first-order valence-corrected chi connectivity index (χ1v) is 9.92. The number of hydrogen-bond donors (Lipinski definition) is 2. The van der Waals surface area contributed by atoms with Crippen molar-refractivity contribution in [1.82, 2.24) is 15.5 Å². The van der Waals surface area contributed by atoms with Crippen molar-refractivity contribution in [2.24, 2.45) is 4.99 Å². The van der Waals surface area contributed by atoms with E-state index in [0.717, 1.165) is 70.5 Å². The molecule has 0 bridgehead atoms. The summed E-state index contributed by atoms with van der Waals surface area (Å²) in [6.07, 6.45) is 3.43. The van der Waals surface area contributed by atoms with Crippen LogP contribution in [-0.4, -0.2) is 69.4 Å². The minimum absolute atomic E-state index is 0. The summed E-state index contributed by atoms with van der Waals surface area (Å²) in [5.74, 6) is 1.90. The predicted molar refractivity (Wildman–Crippen MR) is 120 cm³/mol. The summed E-state index contributed by atoms with van der Waals surface area (Å²) in [5, 5.41) is 6.77. The Morgan fingerprint density at radius 2 is 2.00 bits per heavy atom. The third kappa shape index (κ3) is 7.46. The number of nitrogens with one attached hydrogen (secondary N) is 2. The molecule has 27 heavy (non-hydrogen) atoms. The van der Waals surface area contributed by atoms with Crippen LogP contribution >= 0.6 is 24.0 Å². The predicted octanol–water partition coefficient (Wildman–Crippen LogP) is 2.28. The Labute approximate surface area is 180 Å². The van der Waals surface area contributed by atoms with Crippen molar-refractivity contribution >= 4 is 29.9 Å². The minimum Gasteiger partial charge on any atom is -0.488 e. The first-order chi connectivity index (χ1) is 12.8. The molecule has 0 aromatic heterocycles. The maximum absolute atomic E-state index is 5.97. The summed E-state index contributed by atoms with van der Waals surface area (Å²) >= 11 is 0. The van der Waals surface area contributed by atoms with Gasteiger partial charge in [0.25, 0.3) is 0 Å². The topological polar surface area (TPSA) is 58.1 Å². The molecule has 0 aliphatic carbocycles. The number of nitrogens with zero attached hydrogens (tertiary/aromatic N) is 2. The summed E-state index contributed by atoms with van der Waals surface area (Å²) in [6.45, 7) is 9.64. The fourth-order valence-electron chi connectivity index (χ4n) is 3.38. The molecule has 0 amide bonds. The van der Waals surface area contributed by atoms with E-state index in [9.17, 15) is 0 Å². The molecule has 2 heterocycles. The van der Waals surface area contributed by atoms with Gasteiger partial charge in [-0.05, 0) is 37.9 Å². The molecule has 1 fully saturated rings. The van der Waals surface area contributed by atoms with E-state index in [1.54, 1.807) is 0 Å². The average Bonchev–Trinajstić information content (AvgIpc) is 3.09. The Morgan fingerprint density at radius 1 is 1.19 bits per heavy atom. The second-order valence-electron chi connectivity index (χ2n) is 6.86. The molecular formula is C20H33IN4O2. The van der Waals surface area contributed by atoms with Gasteiger partial charge in [0.05, 0.1) is 19.8 Å². The summed E-state index contributed by atoms with van der Waals surface area (Å²) in [5.41, 5.74) is 1.29. The molecule has 1 aromatic carbocycles. The molecule has 0 radical (unpaired) electrons. The van der Waals surface area contributed by atoms with Crippen molar-refractivity contribution < 1.29 is 9.47 Å². The van der Waals surface area contributed by atoms with Gasteiger partial charge in [0.1, 0.15) is 11.9 Å². The number of halogens is 1. The molecule has 0 spiro atoms. The number of fused-ring (bicyclic) bond motifs is 1. The van der Waals surface area contributed by atoms with Crippen molar-refractivity contribution in [2.75, 3.05) is 52.5 Å². The lowest BCUT2D eigenvalue weighted by Crippen LogP contribution is -2.39. The van der Waals surface area contributed by atoms with Crippen molar-refractivity contribution in [3.63, 3.8) is 0 Å². The summed E-state index contributed by atoms with van der Waals surface area (Å²) in [4.78, 5) is 7.19. The van der Waals surface area contributed by atoms with Gasteiger partial charge in [-0.2, -0.15) is 0 Å². The van der Waals surface area contributed by atoms with Crippen LogP contribution in [0.4, 0.5) is 0 Å². The number of guanidine groups is 1. The molecule has 6 nitrogen and oxygen atoms in total. The number of para-hydroxylation sites is 1. The molecule has 1 unspecified atom stereocenters. The zero-order valence-electron chi connectivity index (χ0n) is 16.3. The van der Waals surface area contributed by atoms with E-state index in [1.165, 1.54) is 12.0 Å². The fourth-order valence-corrected chi connectivity index (χ4v) is 3.38. The second kappa shape index (κ2) is 12.4. The second-order valence-corrected chi connectivity index (χ2v) is 6.86. The Hall–Kier alpha value is -1.06. The summed E-state index contributed by atoms with van der Waals surface area (Å²) in [7, 11) is 0. The van der Waals surface area contributed by atoms with Gasteiger partial charge in [-0.1, -0.05) is 18.2 Å². The van der Waals surface area contributed by atoms with Crippen LogP contribution in [0.3, 0.4) is 0 Å². The van der Waals surface area contributed by atoms with Gasteiger partial charge in [-0.3, -0.25) is 4.90 Å². The van der Waals surface area contributed by atoms with Gasteiger partial charge in [0.2, 0.25) is 0 Å². The van der Waals surface area contributed by atoms with Crippen LogP contribution in [0.25, 0.3) is 0 Å². The third-order valence-electron chi connectivity index (χ3n) is 4.81. The van der Waals surface area contributed by atoms with E-state index < -0.39 is 0 Å². The average molecular weight is 488 g/mol. The SMILES string of the molecule is CCNC(=NCC1Cc2ccccc2O1)NCCCCN1CCOCC1.I. The first kappa shape index (κ1) is 22.2. The van der Waals surface area contributed by atoms with Crippen LogP contribution in [0.5, 0.6) is 5.75 Å². The Bertz CT molecular complexity index is 554. The monoisotopic (exact) mass is 488 g/mol. The van der Waals surface area contributed by atoms with Crippen molar-refractivity contribution in [2.45, 2.75) is 32.3 Å². The van der Waals surface area contributed by atoms with Gasteiger partial charge in [-0.25, -0.2) is 4.99 Å². The van der Waals surface area contributed by atoms with E-state index in [4.69, 9.17) is 14.5 Å². The highest BCUT2D eigenvalue weighted by Crippen LogP contribution is 2.28. The zero-order valence-corrected chi connectivity index (χ0v) is 18.6. The van der Waals surface area contributed by atoms with Gasteiger partial charge in [0, 0.05) is 32.6 Å². The molecule has 152 valence electrons. The van der Waals surface area contributed by atoms with E-state index in [-0.39, 0.29) is 30.1 Å². The van der Waals surface area contributed by atoms with Gasteiger partial charge in [0.15, 0.2) is 5.96 Å². The number of benzene rings is 1. The highest BCUT2D eigenvalue weighted by atomic mass is 127. The van der Waals surface area contributed by atoms with Gasteiger partial charge in [-0.15, -0.1) is 24.0 Å². The van der Waals surface area contributed by atoms with Crippen LogP contribution in [0.1, 0.15) is 25.3 Å². The van der Waals surface area contributed by atoms with Gasteiger partial charge >= 0.3 is 0 Å². The van der Waals surface area contributed by atoms with Crippen LogP contribution < -0.4 is 15.4 Å². The third-order valence-corrected chi connectivity index (χ3v) is 4.81. The highest BCUT2D eigenvalue weighted by Gasteiger charge is 2.21. The fraction of sp³-hybridized carbons (Fsp3) is 0.650. The lowest BCUT2D eigenvalue weighted by molar-refractivity contribution is 0.0372. The summed E-state index contributed by atoms with van der Waals surface area (Å²) in [6, 6.07) is 8.26. The standard InChI is InChI=1S/C20H32N4O2.HI/c1-2-21-20(22-9-5-6-10-24-11-13-25-14-12-24)23-16-18-15-17-7-3-4-8-19(17)26-18;/h3-4,7-8,18H,2,5-6,9-16H2,1H3,(H2,21,22,23);1H. The smallest absolute Gasteiger partial charge is 0.191 e. The summed E-state index contributed by atoms with van der Waals surface area (Å²) < 4.78 is 11.4. The van der Waals surface area contributed by atoms with E-state index in [1.807, 2.05) is 12.1 Å². The number of ether oxygens (including phenoxy) is 2. The van der Waals surface area contributed by atoms with Gasteiger partial charge < -0.3 is 20.1 Å². The molecule has 3 rings (SSSR count). The molecule has 2 N–H and O–H groups in total. The molecule has 1 atom stereocenters. The molecule has 2 aliphatic rings. The molecule has 2 aliphatic heterocycles.